The van der Waals surface area contributed by atoms with E-state index < -0.39 is 12.1 Å². The topological polar surface area (TPSA) is 55.3 Å². The molecule has 0 saturated heterocycles. The summed E-state index contributed by atoms with van der Waals surface area (Å²) in [6.45, 7) is 14.1. The van der Waals surface area contributed by atoms with Gasteiger partial charge in [-0.3, -0.25) is 0 Å². The molecule has 0 aliphatic carbocycles. The summed E-state index contributed by atoms with van der Waals surface area (Å²) in [5.41, 5.74) is 23.5. The third-order valence-electron chi connectivity index (χ3n) is 5.99. The van der Waals surface area contributed by atoms with E-state index in [1.165, 1.54) is 44.5 Å². The Hall–Kier alpha value is -0.594. The van der Waals surface area contributed by atoms with Crippen LogP contribution < -0.4 is 11.5 Å². The number of hydrogen-bond donors (Lipinski definition) is 2. The average molecular weight is 510 g/mol. The number of halogens is 2. The first-order valence-corrected chi connectivity index (χ1v) is 14.4. The quantitative estimate of drug-likeness (QED) is 0.404. The molecule has 4 N–H and O–H groups in total. The van der Waals surface area contributed by atoms with Gasteiger partial charge in [0, 0.05) is 0 Å². The molecule has 0 amide bonds. The van der Waals surface area contributed by atoms with Crippen molar-refractivity contribution < 1.29 is 12.1 Å². The molecule has 0 aliphatic rings. The summed E-state index contributed by atoms with van der Waals surface area (Å²) in [7, 11) is 12.9. The Morgan fingerprint density at radius 1 is 0.774 bits per heavy atom. The van der Waals surface area contributed by atoms with Gasteiger partial charge in [0.05, 0.1) is 0 Å². The molecule has 176 valence electrons. The van der Waals surface area contributed by atoms with Gasteiger partial charge in [0.1, 0.15) is 0 Å². The van der Waals surface area contributed by atoms with Gasteiger partial charge in [-0.25, -0.2) is 0 Å². The van der Waals surface area contributed by atoms with Crippen molar-refractivity contribution in [3.05, 3.63) is 68.8 Å². The summed E-state index contributed by atoms with van der Waals surface area (Å²) in [6, 6.07) is 8.62. The normalized spacial score (nSPS) is 14.1. The SMILES string of the molecule is CCc1cc(CC)c(C(N)C[N](CC(N)c2c(C)cc(C)cc2C)[Co]([Cl])[Cl])c(CC)c1. The van der Waals surface area contributed by atoms with Crippen LogP contribution in [0, 0.1) is 20.8 Å². The van der Waals surface area contributed by atoms with E-state index in [0.717, 1.165) is 19.3 Å². The third kappa shape index (κ3) is 6.70. The first-order chi connectivity index (χ1) is 14.6. The number of benzene rings is 2. The minimum atomic E-state index is -1.33. The summed E-state index contributed by atoms with van der Waals surface area (Å²) in [5, 5.41) is 0. The molecule has 0 spiro atoms. The second-order valence-corrected chi connectivity index (χ2v) is 12.0. The first-order valence-electron chi connectivity index (χ1n) is 11.1. The van der Waals surface area contributed by atoms with Gasteiger partial charge in [-0.15, -0.1) is 0 Å². The van der Waals surface area contributed by atoms with Crippen LogP contribution in [0.2, 0.25) is 0 Å². The van der Waals surface area contributed by atoms with E-state index in [0.29, 0.717) is 13.1 Å². The van der Waals surface area contributed by atoms with Gasteiger partial charge >= 0.3 is 203 Å². The first kappa shape index (κ1) is 26.7. The zero-order chi connectivity index (χ0) is 23.3. The second-order valence-electron chi connectivity index (χ2n) is 8.37. The van der Waals surface area contributed by atoms with E-state index in [1.54, 1.807) is 0 Å². The molecule has 0 heterocycles. The third-order valence-corrected chi connectivity index (χ3v) is 8.19. The molecule has 6 heteroatoms. The van der Waals surface area contributed by atoms with E-state index in [2.05, 4.69) is 69.8 Å². The van der Waals surface area contributed by atoms with E-state index in [1.807, 2.05) is 0 Å². The molecule has 2 unspecified atom stereocenters. The molecule has 2 rings (SSSR count). The number of aryl methyl sites for hydroxylation is 6. The Labute approximate surface area is 201 Å². The molecule has 0 bridgehead atoms. The molecule has 2 aromatic rings. The van der Waals surface area contributed by atoms with E-state index in [9.17, 15) is 0 Å². The predicted octanol–water partition coefficient (Wildman–Crippen LogP) is 6.14. The van der Waals surface area contributed by atoms with Crippen LogP contribution in [-0.2, 0) is 31.3 Å². The van der Waals surface area contributed by atoms with Crippen molar-refractivity contribution in [2.75, 3.05) is 13.1 Å². The molecular formula is C25H38Cl2CoN3. The van der Waals surface area contributed by atoms with Crippen molar-refractivity contribution in [1.29, 1.82) is 0 Å². The van der Waals surface area contributed by atoms with Crippen LogP contribution in [0.1, 0.15) is 77.4 Å². The average Bonchev–Trinajstić information content (AvgIpc) is 2.70. The fraction of sp³-hybridized carbons (Fsp3) is 0.520. The van der Waals surface area contributed by atoms with Crippen LogP contribution in [0.5, 0.6) is 0 Å². The van der Waals surface area contributed by atoms with Crippen molar-refractivity contribution in [3.63, 3.8) is 0 Å². The Morgan fingerprint density at radius 3 is 1.61 bits per heavy atom. The Kier molecular flexibility index (Phi) is 10.3. The predicted molar refractivity (Wildman–Crippen MR) is 132 cm³/mol. The summed E-state index contributed by atoms with van der Waals surface area (Å²) >= 11 is -1.33. The number of nitrogens with two attached hydrogens (primary N) is 2. The number of nitrogens with zero attached hydrogens (tertiary/aromatic N) is 1. The molecule has 0 aromatic heterocycles. The second kappa shape index (κ2) is 12.0. The van der Waals surface area contributed by atoms with Crippen LogP contribution in [0.25, 0.3) is 0 Å². The Bertz CT molecular complexity index is 837. The van der Waals surface area contributed by atoms with Gasteiger partial charge in [0.15, 0.2) is 0 Å². The molecule has 0 aliphatic heterocycles. The fourth-order valence-corrected chi connectivity index (χ4v) is 6.11. The fourth-order valence-electron chi connectivity index (χ4n) is 4.65. The van der Waals surface area contributed by atoms with Crippen LogP contribution >= 0.6 is 20.3 Å². The molecule has 0 fully saturated rings. The maximum atomic E-state index is 6.78. The molecule has 2 atom stereocenters. The standard InChI is InChI=1S/C25H38N3.2ClH.Co/c1-7-19-12-20(8-2)25(21(9-3)13-19)23(27)15-28-14-22(26)24-17(5)10-16(4)11-18(24)6;;;/h10-13,22-23H,7-9,14-15,26-27H2,1-6H3;2*1H;/q-1;;;+3/p-2. The summed E-state index contributed by atoms with van der Waals surface area (Å²) in [6.07, 6.45) is 2.95. The molecule has 0 radical (unpaired) electrons. The summed E-state index contributed by atoms with van der Waals surface area (Å²) in [5.74, 6) is 0. The monoisotopic (exact) mass is 509 g/mol. The Morgan fingerprint density at radius 2 is 1.23 bits per heavy atom. The Balaban J connectivity index is 2.30. The summed E-state index contributed by atoms with van der Waals surface area (Å²) < 4.78 is 2.05. The van der Waals surface area contributed by atoms with Crippen LogP contribution in [0.15, 0.2) is 24.3 Å². The number of rotatable bonds is 10. The van der Waals surface area contributed by atoms with Crippen molar-refractivity contribution in [1.82, 2.24) is 3.95 Å². The molecular weight excluding hydrogens is 472 g/mol. The van der Waals surface area contributed by atoms with Crippen molar-refractivity contribution >= 4 is 20.3 Å². The zero-order valence-corrected chi connectivity index (χ0v) is 22.2. The van der Waals surface area contributed by atoms with Gasteiger partial charge in [0.25, 0.3) is 0 Å². The van der Waals surface area contributed by atoms with Crippen molar-refractivity contribution in [2.45, 2.75) is 72.9 Å². The van der Waals surface area contributed by atoms with Crippen LogP contribution in [0.3, 0.4) is 0 Å². The zero-order valence-electron chi connectivity index (χ0n) is 19.7. The van der Waals surface area contributed by atoms with Gasteiger partial charge < -0.3 is 0 Å². The van der Waals surface area contributed by atoms with E-state index >= 15 is 0 Å². The summed E-state index contributed by atoms with van der Waals surface area (Å²) in [4.78, 5) is 0. The molecule has 3 nitrogen and oxygen atoms in total. The number of hydrogen-bond acceptors (Lipinski definition) is 3. The van der Waals surface area contributed by atoms with E-state index in [4.69, 9.17) is 31.8 Å². The van der Waals surface area contributed by atoms with Crippen molar-refractivity contribution in [3.8, 4) is 0 Å². The van der Waals surface area contributed by atoms with Gasteiger partial charge in [-0.1, -0.05) is 0 Å². The van der Waals surface area contributed by atoms with Crippen LogP contribution in [0.4, 0.5) is 0 Å². The van der Waals surface area contributed by atoms with E-state index in [-0.39, 0.29) is 12.1 Å². The molecule has 2 aromatic carbocycles. The maximum absolute atomic E-state index is 6.78. The van der Waals surface area contributed by atoms with Crippen LogP contribution in [-0.4, -0.2) is 17.0 Å². The van der Waals surface area contributed by atoms with Gasteiger partial charge in [0.2, 0.25) is 0 Å². The minimum absolute atomic E-state index is 0.162. The van der Waals surface area contributed by atoms with Gasteiger partial charge in [-0.05, 0) is 0 Å². The van der Waals surface area contributed by atoms with Gasteiger partial charge in [-0.2, -0.15) is 0 Å². The molecule has 31 heavy (non-hydrogen) atoms. The van der Waals surface area contributed by atoms with Crippen molar-refractivity contribution in [2.24, 2.45) is 11.5 Å². The molecule has 0 saturated carbocycles.